The molecule has 180 valence electrons. The zero-order valence-corrected chi connectivity index (χ0v) is 20.1. The van der Waals surface area contributed by atoms with Crippen molar-refractivity contribution in [2.75, 3.05) is 34.4 Å². The number of para-hydroxylation sites is 1. The van der Waals surface area contributed by atoms with Gasteiger partial charge in [-0.2, -0.15) is 4.31 Å². The van der Waals surface area contributed by atoms with E-state index in [2.05, 4.69) is 0 Å². The normalized spacial score (nSPS) is 15.3. The van der Waals surface area contributed by atoms with E-state index in [0.29, 0.717) is 30.9 Å². The lowest BCUT2D eigenvalue weighted by molar-refractivity contribution is -0.135. The molecule has 0 radical (unpaired) electrons. The largest absolute Gasteiger partial charge is 0.493 e. The molecule has 11 heteroatoms. The topological polar surface area (TPSA) is 124 Å². The number of aromatic nitrogens is 1. The maximum Gasteiger partial charge on any atom is 0.265 e. The molecule has 2 heterocycles. The van der Waals surface area contributed by atoms with E-state index in [1.165, 1.54) is 21.1 Å². The van der Waals surface area contributed by atoms with Gasteiger partial charge >= 0.3 is 0 Å². The van der Waals surface area contributed by atoms with Gasteiger partial charge in [0.15, 0.2) is 11.5 Å². The van der Waals surface area contributed by atoms with Crippen molar-refractivity contribution >= 4 is 21.8 Å². The molecule has 2 amide bonds. The molecular weight excluding hydrogens is 448 g/mol. The van der Waals surface area contributed by atoms with E-state index < -0.39 is 15.9 Å². The van der Waals surface area contributed by atoms with E-state index in [4.69, 9.17) is 15.2 Å². The second-order valence-electron chi connectivity index (χ2n) is 8.06. The van der Waals surface area contributed by atoms with Crippen LogP contribution in [0.25, 0.3) is 0 Å². The fourth-order valence-corrected chi connectivity index (χ4v) is 5.68. The number of carbonyl (C=O) groups is 2. The molecule has 33 heavy (non-hydrogen) atoms. The van der Waals surface area contributed by atoms with Crippen LogP contribution in [0.1, 0.15) is 28.9 Å². The number of piperidine rings is 1. The van der Waals surface area contributed by atoms with Crippen LogP contribution in [0.3, 0.4) is 0 Å². The molecule has 2 aromatic rings. The average Bonchev–Trinajstić information content (AvgIpc) is 3.21. The minimum Gasteiger partial charge on any atom is -0.493 e. The summed E-state index contributed by atoms with van der Waals surface area (Å²) in [5, 5.41) is 0. The highest BCUT2D eigenvalue weighted by molar-refractivity contribution is 7.89. The summed E-state index contributed by atoms with van der Waals surface area (Å²) in [6.45, 7) is 0.781. The number of nitrogens with two attached hydrogens (primary N) is 1. The van der Waals surface area contributed by atoms with Crippen molar-refractivity contribution in [3.05, 3.63) is 41.7 Å². The summed E-state index contributed by atoms with van der Waals surface area (Å²) in [5.74, 6) is 0.148. The highest BCUT2D eigenvalue weighted by atomic mass is 32.2. The first kappa shape index (κ1) is 24.6. The predicted octanol–water partition coefficient (Wildman–Crippen LogP) is 1.20. The summed E-state index contributed by atoms with van der Waals surface area (Å²) < 4.78 is 39.5. The molecule has 0 aliphatic carbocycles. The fourth-order valence-electron chi connectivity index (χ4n) is 4.14. The predicted molar refractivity (Wildman–Crippen MR) is 121 cm³/mol. The quantitative estimate of drug-likeness (QED) is 0.608. The van der Waals surface area contributed by atoms with Crippen molar-refractivity contribution < 1.29 is 27.5 Å². The van der Waals surface area contributed by atoms with E-state index in [-0.39, 0.29) is 35.5 Å². The Morgan fingerprint density at radius 2 is 1.85 bits per heavy atom. The van der Waals surface area contributed by atoms with Crippen molar-refractivity contribution in [1.29, 1.82) is 0 Å². The number of amides is 2. The number of benzene rings is 1. The Labute approximate surface area is 193 Å². The lowest BCUT2D eigenvalue weighted by atomic mass is 9.96. The number of nitrogens with zero attached hydrogens (tertiary/aromatic N) is 3. The van der Waals surface area contributed by atoms with Crippen LogP contribution in [0.15, 0.2) is 35.4 Å². The molecule has 1 aromatic carbocycles. The standard InChI is InChI=1S/C22H30N4O6S/c1-24-14-17(12-18(24)21(23)27)33(29,30)26-10-8-15(9-11-26)22(28)25(2)13-16-6-5-7-19(31-3)20(16)32-4/h5-7,12,14-15H,8-11,13H2,1-4H3,(H2,23,27). The van der Waals surface area contributed by atoms with E-state index in [0.717, 1.165) is 5.56 Å². The monoisotopic (exact) mass is 478 g/mol. The van der Waals surface area contributed by atoms with Gasteiger partial charge in [0.1, 0.15) is 10.6 Å². The highest BCUT2D eigenvalue weighted by Gasteiger charge is 2.34. The number of hydrogen-bond donors (Lipinski definition) is 1. The molecule has 0 saturated carbocycles. The molecule has 1 aliphatic rings. The number of aryl methyl sites for hydroxylation is 1. The molecule has 0 bridgehead atoms. The van der Waals surface area contributed by atoms with Crippen LogP contribution >= 0.6 is 0 Å². The van der Waals surface area contributed by atoms with Crippen molar-refractivity contribution in [3.8, 4) is 11.5 Å². The molecule has 0 spiro atoms. The summed E-state index contributed by atoms with van der Waals surface area (Å²) >= 11 is 0. The molecule has 1 aliphatic heterocycles. The Bertz CT molecular complexity index is 1140. The summed E-state index contributed by atoms with van der Waals surface area (Å²) in [4.78, 5) is 26.1. The van der Waals surface area contributed by atoms with Crippen molar-refractivity contribution in [1.82, 2.24) is 13.8 Å². The van der Waals surface area contributed by atoms with Gasteiger partial charge in [0.05, 0.1) is 14.2 Å². The zero-order valence-electron chi connectivity index (χ0n) is 19.3. The average molecular weight is 479 g/mol. The van der Waals surface area contributed by atoms with Gasteiger partial charge in [-0.3, -0.25) is 9.59 Å². The number of carbonyl (C=O) groups excluding carboxylic acids is 2. The molecule has 0 atom stereocenters. The number of hydrogen-bond acceptors (Lipinski definition) is 6. The Morgan fingerprint density at radius 3 is 2.39 bits per heavy atom. The Morgan fingerprint density at radius 1 is 1.18 bits per heavy atom. The third-order valence-corrected chi connectivity index (χ3v) is 7.81. The second-order valence-corrected chi connectivity index (χ2v) is 10.00. The summed E-state index contributed by atoms with van der Waals surface area (Å²) in [6, 6.07) is 6.79. The summed E-state index contributed by atoms with van der Waals surface area (Å²) in [5.41, 5.74) is 6.23. The van der Waals surface area contributed by atoms with Crippen LogP contribution in [0, 0.1) is 5.92 Å². The summed E-state index contributed by atoms with van der Waals surface area (Å²) in [7, 11) is 2.62. The van der Waals surface area contributed by atoms with Gasteiger partial charge in [0.2, 0.25) is 15.9 Å². The van der Waals surface area contributed by atoms with Crippen LogP contribution < -0.4 is 15.2 Å². The van der Waals surface area contributed by atoms with E-state index in [1.807, 2.05) is 12.1 Å². The molecular formula is C22H30N4O6S. The third kappa shape index (κ3) is 4.98. The summed E-state index contributed by atoms with van der Waals surface area (Å²) in [6.07, 6.45) is 2.20. The van der Waals surface area contributed by atoms with Gasteiger partial charge in [-0.1, -0.05) is 12.1 Å². The lowest BCUT2D eigenvalue weighted by Gasteiger charge is -2.32. The maximum absolute atomic E-state index is 13.0. The van der Waals surface area contributed by atoms with Crippen LogP contribution in [-0.2, 0) is 28.4 Å². The van der Waals surface area contributed by atoms with Crippen molar-refractivity contribution in [3.63, 3.8) is 0 Å². The maximum atomic E-state index is 13.0. The number of primary amides is 1. The van der Waals surface area contributed by atoms with Gasteiger partial charge in [-0.05, 0) is 25.0 Å². The Kier molecular flexibility index (Phi) is 7.33. The molecule has 2 N–H and O–H groups in total. The van der Waals surface area contributed by atoms with E-state index in [9.17, 15) is 18.0 Å². The van der Waals surface area contributed by atoms with E-state index in [1.54, 1.807) is 39.3 Å². The van der Waals surface area contributed by atoms with Gasteiger partial charge in [0, 0.05) is 51.4 Å². The van der Waals surface area contributed by atoms with Gasteiger partial charge in [-0.25, -0.2) is 8.42 Å². The van der Waals surface area contributed by atoms with Crippen LogP contribution in [0.5, 0.6) is 11.5 Å². The van der Waals surface area contributed by atoms with Crippen molar-refractivity contribution in [2.45, 2.75) is 24.3 Å². The third-order valence-electron chi connectivity index (χ3n) is 5.94. The molecule has 1 aromatic heterocycles. The van der Waals surface area contributed by atoms with Gasteiger partial charge < -0.3 is 24.7 Å². The van der Waals surface area contributed by atoms with E-state index >= 15 is 0 Å². The van der Waals surface area contributed by atoms with Gasteiger partial charge in [-0.15, -0.1) is 0 Å². The first-order valence-electron chi connectivity index (χ1n) is 10.5. The molecule has 0 unspecified atom stereocenters. The number of ether oxygens (including phenoxy) is 2. The molecule has 1 fully saturated rings. The number of sulfonamides is 1. The SMILES string of the molecule is COc1cccc(CN(C)C(=O)C2CCN(S(=O)(=O)c3cc(C(N)=O)n(C)c3)CC2)c1OC. The lowest BCUT2D eigenvalue weighted by Crippen LogP contribution is -2.43. The number of methoxy groups -OCH3 is 2. The zero-order chi connectivity index (χ0) is 24.3. The van der Waals surface area contributed by atoms with Gasteiger partial charge in [0.25, 0.3) is 5.91 Å². The van der Waals surface area contributed by atoms with Crippen LogP contribution in [-0.4, -0.2) is 68.4 Å². The fraction of sp³-hybridized carbons (Fsp3) is 0.455. The van der Waals surface area contributed by atoms with Crippen LogP contribution in [0.2, 0.25) is 0 Å². The smallest absolute Gasteiger partial charge is 0.265 e. The minimum absolute atomic E-state index is 0.0193. The van der Waals surface area contributed by atoms with Crippen LogP contribution in [0.4, 0.5) is 0 Å². The Hall–Kier alpha value is -3.05. The highest BCUT2D eigenvalue weighted by Crippen LogP contribution is 2.32. The molecule has 1 saturated heterocycles. The Balaban J connectivity index is 1.65. The molecule has 10 nitrogen and oxygen atoms in total. The first-order chi connectivity index (χ1) is 15.6. The minimum atomic E-state index is -3.78. The first-order valence-corrected chi connectivity index (χ1v) is 11.9. The second kappa shape index (κ2) is 9.84. The van der Waals surface area contributed by atoms with Crippen molar-refractivity contribution in [2.24, 2.45) is 18.7 Å². The molecule has 3 rings (SSSR count). The number of rotatable bonds is 8.